The van der Waals surface area contributed by atoms with Gasteiger partial charge < -0.3 is 20.1 Å². The van der Waals surface area contributed by atoms with E-state index in [4.69, 9.17) is 9.47 Å². The van der Waals surface area contributed by atoms with Crippen LogP contribution in [0.25, 0.3) is 10.2 Å². The maximum atomic E-state index is 12.5. The van der Waals surface area contributed by atoms with Crippen molar-refractivity contribution < 1.29 is 14.3 Å². The Morgan fingerprint density at radius 1 is 1.46 bits per heavy atom. The molecule has 0 unspecified atom stereocenters. The van der Waals surface area contributed by atoms with E-state index < -0.39 is 0 Å². The van der Waals surface area contributed by atoms with Crippen LogP contribution >= 0.6 is 11.3 Å². The van der Waals surface area contributed by atoms with Crippen LogP contribution in [0, 0.1) is 6.92 Å². The van der Waals surface area contributed by atoms with Crippen LogP contribution in [0.15, 0.2) is 6.33 Å². The summed E-state index contributed by atoms with van der Waals surface area (Å²) in [5.41, 5.74) is 0.905. The third-order valence-electron chi connectivity index (χ3n) is 4.29. The van der Waals surface area contributed by atoms with Gasteiger partial charge in [-0.25, -0.2) is 9.97 Å². The fraction of sp³-hybridized carbons (Fsp3) is 0.611. The molecular weight excluding hydrogens is 352 g/mol. The van der Waals surface area contributed by atoms with Gasteiger partial charge in [0.05, 0.1) is 29.1 Å². The Kier molecular flexibility index (Phi) is 6.39. The Bertz CT molecular complexity index is 756. The smallest absolute Gasteiger partial charge is 0.261 e. The number of nitrogens with one attached hydrogen (secondary N) is 2. The lowest BCUT2D eigenvalue weighted by molar-refractivity contribution is 0.0748. The van der Waals surface area contributed by atoms with E-state index >= 15 is 0 Å². The highest BCUT2D eigenvalue weighted by Gasteiger charge is 2.20. The van der Waals surface area contributed by atoms with Crippen LogP contribution in [0.5, 0.6) is 0 Å². The molecule has 2 aromatic heterocycles. The van der Waals surface area contributed by atoms with Gasteiger partial charge in [-0.3, -0.25) is 4.79 Å². The molecule has 0 spiro atoms. The van der Waals surface area contributed by atoms with Gasteiger partial charge in [0, 0.05) is 19.7 Å². The van der Waals surface area contributed by atoms with Crippen molar-refractivity contribution in [3.05, 3.63) is 16.8 Å². The first-order valence-corrected chi connectivity index (χ1v) is 9.87. The molecule has 0 radical (unpaired) electrons. The van der Waals surface area contributed by atoms with Gasteiger partial charge >= 0.3 is 0 Å². The van der Waals surface area contributed by atoms with Crippen LogP contribution in [-0.4, -0.2) is 54.4 Å². The highest BCUT2D eigenvalue weighted by Crippen LogP contribution is 2.33. The minimum atomic E-state index is -0.0945. The summed E-state index contributed by atoms with van der Waals surface area (Å²) in [6, 6.07) is 0. The lowest BCUT2D eigenvalue weighted by atomic mass is 10.2. The summed E-state index contributed by atoms with van der Waals surface area (Å²) in [5, 5.41) is 7.19. The Hall–Kier alpha value is -1.77. The molecule has 1 aliphatic heterocycles. The van der Waals surface area contributed by atoms with Crippen molar-refractivity contribution in [1.29, 1.82) is 0 Å². The Morgan fingerprint density at radius 3 is 3.04 bits per heavy atom. The zero-order chi connectivity index (χ0) is 18.5. The number of fused-ring (bicyclic) bond motifs is 1. The van der Waals surface area contributed by atoms with Crippen LogP contribution in [0.3, 0.4) is 0 Å². The number of hydrogen-bond acceptors (Lipinski definition) is 7. The van der Waals surface area contributed by atoms with Crippen molar-refractivity contribution in [2.45, 2.75) is 45.8 Å². The molecule has 2 aromatic rings. The molecule has 142 valence electrons. The maximum Gasteiger partial charge on any atom is 0.261 e. The number of aromatic nitrogens is 2. The number of aryl methyl sites for hydroxylation is 1. The first kappa shape index (κ1) is 19.0. The highest BCUT2D eigenvalue weighted by atomic mass is 32.1. The molecule has 2 N–H and O–H groups in total. The number of carbonyl (C=O) groups is 1. The van der Waals surface area contributed by atoms with E-state index in [1.54, 1.807) is 0 Å². The molecule has 1 aliphatic rings. The van der Waals surface area contributed by atoms with Crippen molar-refractivity contribution in [1.82, 2.24) is 15.3 Å². The largest absolute Gasteiger partial charge is 0.377 e. The molecule has 7 nitrogen and oxygen atoms in total. The maximum absolute atomic E-state index is 12.5. The summed E-state index contributed by atoms with van der Waals surface area (Å²) < 4.78 is 11.1. The molecule has 0 saturated carbocycles. The molecule has 0 bridgehead atoms. The minimum absolute atomic E-state index is 0.0945. The summed E-state index contributed by atoms with van der Waals surface area (Å²) >= 11 is 1.39. The molecule has 0 aromatic carbocycles. The average molecular weight is 378 g/mol. The predicted molar refractivity (Wildman–Crippen MR) is 103 cm³/mol. The highest BCUT2D eigenvalue weighted by molar-refractivity contribution is 7.20. The van der Waals surface area contributed by atoms with Gasteiger partial charge in [0.1, 0.15) is 17.0 Å². The van der Waals surface area contributed by atoms with Gasteiger partial charge in [0.15, 0.2) is 0 Å². The van der Waals surface area contributed by atoms with Gasteiger partial charge in [-0.05, 0) is 39.2 Å². The monoisotopic (exact) mass is 378 g/mol. The van der Waals surface area contributed by atoms with Crippen LogP contribution in [-0.2, 0) is 9.47 Å². The zero-order valence-electron chi connectivity index (χ0n) is 15.5. The topological polar surface area (TPSA) is 85.4 Å². The summed E-state index contributed by atoms with van der Waals surface area (Å²) in [4.78, 5) is 22.7. The molecule has 3 heterocycles. The van der Waals surface area contributed by atoms with Gasteiger partial charge in [-0.1, -0.05) is 0 Å². The summed E-state index contributed by atoms with van der Waals surface area (Å²) in [6.45, 7) is 8.42. The van der Waals surface area contributed by atoms with Crippen molar-refractivity contribution in [2.75, 3.05) is 31.6 Å². The lowest BCUT2D eigenvalue weighted by Crippen LogP contribution is -2.27. The zero-order valence-corrected chi connectivity index (χ0v) is 16.3. The molecule has 1 atom stereocenters. The predicted octanol–water partition coefficient (Wildman–Crippen LogP) is 2.75. The molecule has 26 heavy (non-hydrogen) atoms. The fourth-order valence-corrected chi connectivity index (χ4v) is 4.04. The minimum Gasteiger partial charge on any atom is -0.377 e. The summed E-state index contributed by atoms with van der Waals surface area (Å²) in [5.74, 6) is 0.671. The summed E-state index contributed by atoms with van der Waals surface area (Å²) in [7, 11) is 0. The second-order valence-electron chi connectivity index (χ2n) is 6.65. The number of carbonyl (C=O) groups excluding carboxylic acids is 1. The van der Waals surface area contributed by atoms with E-state index in [9.17, 15) is 4.79 Å². The van der Waals surface area contributed by atoms with E-state index in [1.807, 2.05) is 20.8 Å². The first-order chi connectivity index (χ1) is 12.6. The molecule has 0 aliphatic carbocycles. The molecule has 1 saturated heterocycles. The second-order valence-corrected chi connectivity index (χ2v) is 7.65. The Morgan fingerprint density at radius 2 is 2.31 bits per heavy atom. The number of nitrogens with zero attached hydrogens (tertiary/aromatic N) is 2. The van der Waals surface area contributed by atoms with E-state index in [2.05, 4.69) is 20.6 Å². The SMILES string of the molecule is Cc1c(C(=O)NCCOC(C)C)sc2ncnc(NC[C@@H]3CCCO3)c12. The van der Waals surface area contributed by atoms with E-state index in [0.29, 0.717) is 18.0 Å². The van der Waals surface area contributed by atoms with Crippen LogP contribution in [0.4, 0.5) is 5.82 Å². The fourth-order valence-electron chi connectivity index (χ4n) is 2.98. The van der Waals surface area contributed by atoms with Crippen molar-refractivity contribution in [3.8, 4) is 0 Å². The van der Waals surface area contributed by atoms with Crippen molar-refractivity contribution in [2.24, 2.45) is 0 Å². The molecule has 3 rings (SSSR count). The van der Waals surface area contributed by atoms with Crippen LogP contribution in [0.2, 0.25) is 0 Å². The molecule has 1 amide bonds. The Balaban J connectivity index is 1.70. The van der Waals surface area contributed by atoms with Gasteiger partial charge in [-0.2, -0.15) is 0 Å². The van der Waals surface area contributed by atoms with Crippen LogP contribution < -0.4 is 10.6 Å². The molecule has 1 fully saturated rings. The average Bonchev–Trinajstić information content (AvgIpc) is 3.25. The lowest BCUT2D eigenvalue weighted by Gasteiger charge is -2.12. The first-order valence-electron chi connectivity index (χ1n) is 9.05. The number of ether oxygens (including phenoxy) is 2. The third kappa shape index (κ3) is 4.49. The number of hydrogen-bond donors (Lipinski definition) is 2. The van der Waals surface area contributed by atoms with E-state index in [1.165, 1.54) is 17.7 Å². The number of anilines is 1. The quantitative estimate of drug-likeness (QED) is 0.687. The standard InChI is InChI=1S/C18H26N4O3S/c1-11(2)24-8-6-19-17(23)15-12(3)14-16(21-10-22-18(14)26-15)20-9-13-5-4-7-25-13/h10-11,13H,4-9H2,1-3H3,(H,19,23)(H,20,21,22)/t13-/m0/s1. The van der Waals surface area contributed by atoms with E-state index in [-0.39, 0.29) is 18.1 Å². The summed E-state index contributed by atoms with van der Waals surface area (Å²) in [6.07, 6.45) is 4.09. The Labute approximate surface area is 157 Å². The van der Waals surface area contributed by atoms with Gasteiger partial charge in [0.2, 0.25) is 0 Å². The normalized spacial score (nSPS) is 17.2. The van der Waals surface area contributed by atoms with Gasteiger partial charge in [0.25, 0.3) is 5.91 Å². The van der Waals surface area contributed by atoms with Crippen molar-refractivity contribution >= 4 is 33.3 Å². The number of rotatable bonds is 8. The molecular formula is C18H26N4O3S. The molecule has 8 heteroatoms. The number of amides is 1. The number of thiophene rings is 1. The second kappa shape index (κ2) is 8.75. The van der Waals surface area contributed by atoms with Crippen molar-refractivity contribution in [3.63, 3.8) is 0 Å². The van der Waals surface area contributed by atoms with Crippen LogP contribution in [0.1, 0.15) is 41.9 Å². The van der Waals surface area contributed by atoms with Gasteiger partial charge in [-0.15, -0.1) is 11.3 Å². The third-order valence-corrected chi connectivity index (χ3v) is 5.49. The van der Waals surface area contributed by atoms with E-state index in [0.717, 1.165) is 47.6 Å².